The molecule has 0 unspecified atom stereocenters. The Bertz CT molecular complexity index is 2970. The van der Waals surface area contributed by atoms with E-state index >= 15 is 0 Å². The number of aryl methyl sites for hydroxylation is 2. The van der Waals surface area contributed by atoms with Crippen LogP contribution in [0.25, 0.3) is 11.1 Å². The lowest BCUT2D eigenvalue weighted by atomic mass is 9.85. The SMILES string of the molecule is CCCCOc1ccc(C(=O)Oc2ccc(/C(=C(\c3ccc(OC(=O)c4ccc(C)cc4)cc3)c3ccc(OC(=O)c4ccc(OCCCC)cc4)cc3)c3ccc(OC(=O)c4ccc(C)cc4)cc3)cc2)cc1. The second-order valence-corrected chi connectivity index (χ2v) is 17.6. The molecule has 74 heavy (non-hydrogen) atoms. The lowest BCUT2D eigenvalue weighted by molar-refractivity contribution is 0.0725. The van der Waals surface area contributed by atoms with Crippen LogP contribution in [-0.2, 0) is 0 Å². The molecule has 8 aromatic rings. The van der Waals surface area contributed by atoms with E-state index in [0.29, 0.717) is 70.0 Å². The minimum atomic E-state index is -0.525. The van der Waals surface area contributed by atoms with Gasteiger partial charge in [-0.2, -0.15) is 0 Å². The van der Waals surface area contributed by atoms with Crippen LogP contribution in [0.5, 0.6) is 34.5 Å². The van der Waals surface area contributed by atoms with E-state index in [-0.39, 0.29) is 0 Å². The van der Waals surface area contributed by atoms with Crippen molar-refractivity contribution in [2.24, 2.45) is 0 Å². The number of carbonyl (C=O) groups is 4. The predicted octanol–water partition coefficient (Wildman–Crippen LogP) is 14.5. The van der Waals surface area contributed by atoms with E-state index in [1.165, 1.54) is 0 Å². The van der Waals surface area contributed by atoms with E-state index < -0.39 is 23.9 Å². The van der Waals surface area contributed by atoms with Gasteiger partial charge in [0.1, 0.15) is 34.5 Å². The zero-order valence-electron chi connectivity index (χ0n) is 41.8. The van der Waals surface area contributed by atoms with Crippen molar-refractivity contribution in [3.05, 3.63) is 250 Å². The van der Waals surface area contributed by atoms with Gasteiger partial charge in [0.05, 0.1) is 35.5 Å². The van der Waals surface area contributed by atoms with Crippen LogP contribution in [0.15, 0.2) is 194 Å². The number of esters is 4. The highest BCUT2D eigenvalue weighted by atomic mass is 16.5. The van der Waals surface area contributed by atoms with Crippen LogP contribution in [0, 0.1) is 13.8 Å². The van der Waals surface area contributed by atoms with Gasteiger partial charge in [-0.25, -0.2) is 19.2 Å². The molecule has 0 aliphatic carbocycles. The second-order valence-electron chi connectivity index (χ2n) is 17.6. The Morgan fingerprint density at radius 1 is 0.284 bits per heavy atom. The van der Waals surface area contributed by atoms with Gasteiger partial charge in [-0.3, -0.25) is 0 Å². The molecule has 0 N–H and O–H groups in total. The van der Waals surface area contributed by atoms with Gasteiger partial charge < -0.3 is 28.4 Å². The molecule has 0 fully saturated rings. The smallest absolute Gasteiger partial charge is 0.343 e. The lowest BCUT2D eigenvalue weighted by Gasteiger charge is -2.19. The second kappa shape index (κ2) is 24.9. The topological polar surface area (TPSA) is 124 Å². The minimum absolute atomic E-state index is 0.325. The summed E-state index contributed by atoms with van der Waals surface area (Å²) in [6.07, 6.45) is 3.89. The molecular weight excluding hydrogens is 929 g/mol. The molecule has 0 amide bonds. The Morgan fingerprint density at radius 2 is 0.486 bits per heavy atom. The monoisotopic (exact) mass is 984 g/mol. The van der Waals surface area contributed by atoms with Crippen molar-refractivity contribution < 1.29 is 47.6 Å². The van der Waals surface area contributed by atoms with Crippen LogP contribution >= 0.6 is 0 Å². The molecule has 0 saturated heterocycles. The summed E-state index contributed by atoms with van der Waals surface area (Å²) in [4.78, 5) is 53.1. The minimum Gasteiger partial charge on any atom is -0.494 e. The maximum Gasteiger partial charge on any atom is 0.343 e. The largest absolute Gasteiger partial charge is 0.494 e. The summed E-state index contributed by atoms with van der Waals surface area (Å²) in [7, 11) is 0. The Hall–Kier alpha value is -9.02. The van der Waals surface area contributed by atoms with E-state index in [9.17, 15) is 19.2 Å². The maximum atomic E-state index is 13.4. The Labute approximate surface area is 431 Å². The molecule has 0 spiro atoms. The molecule has 0 heterocycles. The Balaban J connectivity index is 1.16. The van der Waals surface area contributed by atoms with Crippen molar-refractivity contribution in [1.82, 2.24) is 0 Å². The van der Waals surface area contributed by atoms with Gasteiger partial charge in [0.25, 0.3) is 0 Å². The van der Waals surface area contributed by atoms with Gasteiger partial charge in [-0.15, -0.1) is 0 Å². The normalized spacial score (nSPS) is 11.2. The van der Waals surface area contributed by atoms with Gasteiger partial charge in [-0.1, -0.05) is 111 Å². The highest BCUT2D eigenvalue weighted by Crippen LogP contribution is 2.39. The third-order valence-corrected chi connectivity index (χ3v) is 12.0. The van der Waals surface area contributed by atoms with Crippen molar-refractivity contribution in [2.75, 3.05) is 13.2 Å². The quantitative estimate of drug-likeness (QED) is 0.0315. The molecule has 0 aromatic heterocycles. The molecule has 0 aliphatic rings. The first-order valence-electron chi connectivity index (χ1n) is 24.7. The summed E-state index contributed by atoms with van der Waals surface area (Å²) in [5.41, 5.74) is 8.08. The van der Waals surface area contributed by atoms with E-state index in [2.05, 4.69) is 13.8 Å². The van der Waals surface area contributed by atoms with Crippen LogP contribution < -0.4 is 28.4 Å². The van der Waals surface area contributed by atoms with Gasteiger partial charge >= 0.3 is 23.9 Å². The molecule has 0 bridgehead atoms. The first kappa shape index (κ1) is 51.3. The third-order valence-electron chi connectivity index (χ3n) is 12.0. The highest BCUT2D eigenvalue weighted by Gasteiger charge is 2.20. The molecule has 0 atom stereocenters. The zero-order chi connectivity index (χ0) is 51.8. The molecule has 0 saturated carbocycles. The third kappa shape index (κ3) is 13.7. The molecule has 10 heteroatoms. The fourth-order valence-corrected chi connectivity index (χ4v) is 7.76. The molecule has 8 rings (SSSR count). The summed E-state index contributed by atoms with van der Waals surface area (Å²) >= 11 is 0. The summed E-state index contributed by atoms with van der Waals surface area (Å²) in [5, 5.41) is 0. The Morgan fingerprint density at radius 3 is 0.716 bits per heavy atom. The highest BCUT2D eigenvalue weighted by molar-refractivity contribution is 6.05. The zero-order valence-corrected chi connectivity index (χ0v) is 41.8. The summed E-state index contributed by atoms with van der Waals surface area (Å²) < 4.78 is 34.9. The van der Waals surface area contributed by atoms with Crippen LogP contribution in [-0.4, -0.2) is 37.1 Å². The van der Waals surface area contributed by atoms with Crippen molar-refractivity contribution in [3.8, 4) is 34.5 Å². The number of rotatable bonds is 20. The molecule has 0 radical (unpaired) electrons. The van der Waals surface area contributed by atoms with Crippen molar-refractivity contribution in [2.45, 2.75) is 53.4 Å². The summed E-state index contributed by atoms with van der Waals surface area (Å²) in [5.74, 6) is 0.646. The van der Waals surface area contributed by atoms with E-state index in [0.717, 1.165) is 70.2 Å². The van der Waals surface area contributed by atoms with E-state index in [4.69, 9.17) is 28.4 Å². The molecular formula is C64H56O10. The molecule has 0 aliphatic heterocycles. The van der Waals surface area contributed by atoms with Gasteiger partial charge in [0.2, 0.25) is 0 Å². The van der Waals surface area contributed by atoms with E-state index in [1.807, 2.05) is 86.6 Å². The first-order chi connectivity index (χ1) is 36.0. The average molecular weight is 985 g/mol. The fraction of sp³-hybridized carbons (Fsp3) is 0.156. The first-order valence-corrected chi connectivity index (χ1v) is 24.7. The number of benzene rings is 8. The van der Waals surface area contributed by atoms with Crippen molar-refractivity contribution in [3.63, 3.8) is 0 Å². The van der Waals surface area contributed by atoms with Crippen LogP contribution in [0.3, 0.4) is 0 Å². The summed E-state index contributed by atoms with van der Waals surface area (Å²) in [6.45, 7) is 9.28. The number of ether oxygens (including phenoxy) is 6. The maximum absolute atomic E-state index is 13.4. The van der Waals surface area contributed by atoms with Gasteiger partial charge in [-0.05, 0) is 181 Å². The molecule has 10 nitrogen and oxygen atoms in total. The predicted molar refractivity (Wildman–Crippen MR) is 287 cm³/mol. The lowest BCUT2D eigenvalue weighted by Crippen LogP contribution is -2.09. The average Bonchev–Trinajstić information content (AvgIpc) is 3.42. The standard InChI is InChI=1S/C64H56O10/c1-5-7-41-69-53-29-25-51(26-30-53)63(67)73-57-37-21-47(22-38-57)59(45-17-33-55(34-18-45)71-61(65)49-13-9-43(3)10-14-49)60(46-19-35-56(36-20-46)72-62(66)50-15-11-44(4)12-16-50)48-23-39-58(40-24-48)74-64(68)52-27-31-54(32-28-52)70-42-8-6-2/h9-40H,5-8,41-42H2,1-4H3/b60-59+. The fourth-order valence-electron chi connectivity index (χ4n) is 7.76. The Kier molecular flexibility index (Phi) is 17.3. The van der Waals surface area contributed by atoms with Gasteiger partial charge in [0.15, 0.2) is 0 Å². The van der Waals surface area contributed by atoms with Crippen LogP contribution in [0.4, 0.5) is 0 Å². The number of carbonyl (C=O) groups excluding carboxylic acids is 4. The number of unbranched alkanes of at least 4 members (excludes halogenated alkanes) is 2. The van der Waals surface area contributed by atoms with Crippen molar-refractivity contribution >= 4 is 35.0 Å². The van der Waals surface area contributed by atoms with Crippen molar-refractivity contribution in [1.29, 1.82) is 0 Å². The summed E-state index contributed by atoms with van der Waals surface area (Å²) in [6, 6.07) is 56.8. The van der Waals surface area contributed by atoms with Gasteiger partial charge in [0, 0.05) is 0 Å². The number of hydrogen-bond acceptors (Lipinski definition) is 10. The van der Waals surface area contributed by atoms with Crippen LogP contribution in [0.2, 0.25) is 0 Å². The molecule has 8 aromatic carbocycles. The number of hydrogen-bond donors (Lipinski definition) is 0. The van der Waals surface area contributed by atoms with E-state index in [1.54, 1.807) is 121 Å². The molecule has 372 valence electrons. The van der Waals surface area contributed by atoms with Crippen LogP contribution in [0.1, 0.15) is 114 Å².